The summed E-state index contributed by atoms with van der Waals surface area (Å²) in [5.74, 6) is 0.613. The Morgan fingerprint density at radius 1 is 1.27 bits per heavy atom. The highest BCUT2D eigenvalue weighted by atomic mass is 32.2. The Kier molecular flexibility index (Phi) is 10.2. The number of alkyl halides is 2. The minimum Gasteiger partial charge on any atom is -0.350 e. The Hall–Kier alpha value is -0.850. The van der Waals surface area contributed by atoms with Gasteiger partial charge in [-0.15, -0.1) is 11.8 Å². The van der Waals surface area contributed by atoms with Crippen LogP contribution in [0.15, 0.2) is 4.99 Å². The highest BCUT2D eigenvalue weighted by Gasteiger charge is 2.43. The van der Waals surface area contributed by atoms with Crippen molar-refractivity contribution in [1.29, 1.82) is 0 Å². The van der Waals surface area contributed by atoms with E-state index in [1.54, 1.807) is 0 Å². The number of carbonyl (C=O) groups is 1. The third kappa shape index (κ3) is 7.22. The van der Waals surface area contributed by atoms with Gasteiger partial charge in [0.15, 0.2) is 0 Å². The van der Waals surface area contributed by atoms with E-state index in [9.17, 15) is 9.18 Å². The summed E-state index contributed by atoms with van der Waals surface area (Å²) in [6.07, 6.45) is 2.76. The predicted molar refractivity (Wildman–Crippen MR) is 147 cm³/mol. The number of hydrogen-bond donors (Lipinski definition) is 5. The molecule has 37 heavy (non-hydrogen) atoms. The number of hydrogen-bond acceptors (Lipinski definition) is 8. The molecule has 0 saturated carbocycles. The highest BCUT2D eigenvalue weighted by molar-refractivity contribution is 8.00. The maximum Gasteiger partial charge on any atom is 0.228 e. The second-order valence-corrected chi connectivity index (χ2v) is 13.0. The third-order valence-electron chi connectivity index (χ3n) is 9.13. The molecular weight excluding hydrogens is 496 g/mol. The second-order valence-electron chi connectivity index (χ2n) is 11.8. The van der Waals surface area contributed by atoms with Crippen molar-refractivity contribution in [2.45, 2.75) is 94.4 Å². The van der Waals surface area contributed by atoms with Crippen molar-refractivity contribution in [3.63, 3.8) is 0 Å². The highest BCUT2D eigenvalue weighted by Crippen LogP contribution is 2.38. The maximum absolute atomic E-state index is 15.3. The van der Waals surface area contributed by atoms with Crippen LogP contribution in [-0.4, -0.2) is 97.5 Å². The lowest BCUT2D eigenvalue weighted by Gasteiger charge is -2.46. The number of amides is 1. The first-order valence-corrected chi connectivity index (χ1v) is 15.2. The van der Waals surface area contributed by atoms with Crippen LogP contribution in [-0.2, 0) is 4.79 Å². The van der Waals surface area contributed by atoms with Crippen LogP contribution in [0.25, 0.3) is 0 Å². The number of piperidine rings is 2. The normalized spacial score (nSPS) is 39.3. The fraction of sp³-hybridized carbons (Fsp3) is 0.923. The smallest absolute Gasteiger partial charge is 0.228 e. The summed E-state index contributed by atoms with van der Waals surface area (Å²) in [4.78, 5) is 20.4. The molecule has 3 saturated heterocycles. The summed E-state index contributed by atoms with van der Waals surface area (Å²) in [6.45, 7) is 7.65. The minimum absolute atomic E-state index is 0.157. The lowest BCUT2D eigenvalue weighted by molar-refractivity contribution is -0.128. The summed E-state index contributed by atoms with van der Waals surface area (Å²) < 4.78 is 29.7. The van der Waals surface area contributed by atoms with Gasteiger partial charge in [0, 0.05) is 31.6 Å². The molecule has 0 bridgehead atoms. The van der Waals surface area contributed by atoms with Crippen molar-refractivity contribution in [3.05, 3.63) is 0 Å². The van der Waals surface area contributed by atoms with Gasteiger partial charge in [-0.25, -0.2) is 8.78 Å². The number of aliphatic imine (C=N–C) groups is 1. The number of carbonyl (C=O) groups excluding carboxylic acids is 1. The molecule has 1 amide bonds. The Labute approximate surface area is 224 Å². The lowest BCUT2D eigenvalue weighted by Crippen LogP contribution is -2.67. The molecule has 0 aromatic rings. The fourth-order valence-corrected chi connectivity index (χ4v) is 7.88. The van der Waals surface area contributed by atoms with Crippen molar-refractivity contribution in [3.8, 4) is 0 Å². The Bertz CT molecular complexity index is 778. The molecule has 0 aromatic carbocycles. The van der Waals surface area contributed by atoms with Crippen LogP contribution in [0.5, 0.6) is 0 Å². The summed E-state index contributed by atoms with van der Waals surface area (Å²) in [5, 5.41) is 10.3. The predicted octanol–water partition coefficient (Wildman–Crippen LogP) is 1.39. The van der Waals surface area contributed by atoms with E-state index >= 15 is 4.39 Å². The Morgan fingerprint density at radius 2 is 2.03 bits per heavy atom. The van der Waals surface area contributed by atoms with Crippen LogP contribution in [0, 0.1) is 17.3 Å². The summed E-state index contributed by atoms with van der Waals surface area (Å²) in [6, 6.07) is -1.33. The summed E-state index contributed by atoms with van der Waals surface area (Å²) >= 11 is 1.99. The van der Waals surface area contributed by atoms with Gasteiger partial charge in [0.25, 0.3) is 0 Å². The van der Waals surface area contributed by atoms with Crippen LogP contribution in [0.3, 0.4) is 0 Å². The van der Waals surface area contributed by atoms with Gasteiger partial charge in [-0.05, 0) is 56.5 Å². The van der Waals surface area contributed by atoms with E-state index in [1.165, 1.54) is 6.21 Å². The number of likely N-dealkylation sites (tertiary alicyclic amines) is 1. The number of nitrogens with zero attached hydrogens (tertiary/aromatic N) is 2. The number of halogens is 2. The van der Waals surface area contributed by atoms with E-state index in [0.29, 0.717) is 37.1 Å². The first kappa shape index (κ1) is 29.1. The minimum atomic E-state index is -1.15. The molecule has 4 heterocycles. The Balaban J connectivity index is 1.45. The summed E-state index contributed by atoms with van der Waals surface area (Å²) in [5.41, 5.74) is 12.1. The molecule has 11 heteroatoms. The molecule has 7 N–H and O–H groups in total. The number of nitrogens with two attached hydrogens (primary N) is 2. The van der Waals surface area contributed by atoms with Gasteiger partial charge in [-0.3, -0.25) is 14.7 Å². The lowest BCUT2D eigenvalue weighted by atomic mass is 9.73. The molecule has 8 atom stereocenters. The first-order chi connectivity index (χ1) is 17.7. The molecule has 4 aliphatic heterocycles. The van der Waals surface area contributed by atoms with Crippen molar-refractivity contribution in [2.24, 2.45) is 33.7 Å². The molecule has 0 aromatic heterocycles. The van der Waals surface area contributed by atoms with Gasteiger partial charge >= 0.3 is 0 Å². The van der Waals surface area contributed by atoms with Gasteiger partial charge < -0.3 is 27.4 Å². The van der Waals surface area contributed by atoms with Gasteiger partial charge in [0.1, 0.15) is 12.3 Å². The van der Waals surface area contributed by atoms with E-state index in [1.807, 2.05) is 11.8 Å². The largest absolute Gasteiger partial charge is 0.350 e. The molecule has 8 unspecified atom stereocenters. The first-order valence-electron chi connectivity index (χ1n) is 14.1. The van der Waals surface area contributed by atoms with Crippen LogP contribution >= 0.6 is 11.8 Å². The number of nitrogens with one attached hydrogen (secondary N) is 3. The SMILES string of the molecule is CCC1(C)CCC(F)C=NC(C(C(=O)NC2CNCC(F)C2N2CCC(C3NCCS3)CC2)C(N)N)C1. The van der Waals surface area contributed by atoms with Crippen molar-refractivity contribution in [2.75, 3.05) is 38.5 Å². The van der Waals surface area contributed by atoms with Gasteiger partial charge in [-0.1, -0.05) is 20.3 Å². The number of thioether (sulfide) groups is 1. The van der Waals surface area contributed by atoms with Crippen molar-refractivity contribution < 1.29 is 13.6 Å². The van der Waals surface area contributed by atoms with E-state index in [4.69, 9.17) is 11.5 Å². The molecular formula is C26H47F2N7OS. The van der Waals surface area contributed by atoms with E-state index in [0.717, 1.165) is 44.6 Å². The fourth-order valence-electron chi connectivity index (χ4n) is 6.61. The number of rotatable bonds is 7. The van der Waals surface area contributed by atoms with Crippen LogP contribution in [0.2, 0.25) is 0 Å². The second kappa shape index (κ2) is 13.0. The van der Waals surface area contributed by atoms with Crippen LogP contribution in [0.4, 0.5) is 8.78 Å². The standard InChI is InChI=1S/C26H47F2N7OS/c1-3-26(2)7-4-17(27)13-33-19(12-26)21(23(29)30)24(36)34-20-15-31-14-18(28)22(20)35-9-5-16(6-10-35)25-32-8-11-37-25/h13,16-23,25,31-32H,3-12,14-15,29-30H2,1-2H3,(H,34,36). The molecule has 4 rings (SSSR count). The molecule has 4 aliphatic rings. The molecule has 212 valence electrons. The van der Waals surface area contributed by atoms with E-state index in [2.05, 4.69) is 39.7 Å². The van der Waals surface area contributed by atoms with Crippen molar-refractivity contribution >= 4 is 23.9 Å². The average molecular weight is 544 g/mol. The Morgan fingerprint density at radius 3 is 2.68 bits per heavy atom. The monoisotopic (exact) mass is 543 g/mol. The maximum atomic E-state index is 15.3. The van der Waals surface area contributed by atoms with E-state index < -0.39 is 42.6 Å². The van der Waals surface area contributed by atoms with Gasteiger partial charge in [0.2, 0.25) is 5.91 Å². The third-order valence-corrected chi connectivity index (χ3v) is 10.5. The zero-order valence-corrected chi connectivity index (χ0v) is 23.2. The van der Waals surface area contributed by atoms with Crippen molar-refractivity contribution in [1.82, 2.24) is 20.9 Å². The van der Waals surface area contributed by atoms with Gasteiger partial charge in [-0.2, -0.15) is 0 Å². The molecule has 3 fully saturated rings. The topological polar surface area (TPSA) is 121 Å². The van der Waals surface area contributed by atoms with Gasteiger partial charge in [0.05, 0.1) is 35.6 Å². The quantitative estimate of drug-likeness (QED) is 0.308. The average Bonchev–Trinajstić information content (AvgIpc) is 3.40. The van der Waals surface area contributed by atoms with Crippen LogP contribution < -0.4 is 27.4 Å². The van der Waals surface area contributed by atoms with E-state index in [-0.39, 0.29) is 17.9 Å². The van der Waals surface area contributed by atoms with Crippen LogP contribution in [0.1, 0.15) is 52.4 Å². The zero-order valence-electron chi connectivity index (χ0n) is 22.4. The summed E-state index contributed by atoms with van der Waals surface area (Å²) in [7, 11) is 0. The zero-order chi connectivity index (χ0) is 26.6. The molecule has 0 radical (unpaired) electrons. The molecule has 0 spiro atoms. The molecule has 8 nitrogen and oxygen atoms in total. The molecule has 0 aliphatic carbocycles.